The predicted octanol–water partition coefficient (Wildman–Crippen LogP) is 3.14. The molecule has 2 heterocycles. The summed E-state index contributed by atoms with van der Waals surface area (Å²) < 4.78 is 27.7. The summed E-state index contributed by atoms with van der Waals surface area (Å²) in [5.41, 5.74) is 1.98. The number of halogens is 1. The minimum atomic E-state index is -3.92. The molecule has 2 aromatic heterocycles. The molecule has 4 rings (SSSR count). The van der Waals surface area contributed by atoms with Crippen LogP contribution in [0.5, 0.6) is 0 Å². The van der Waals surface area contributed by atoms with Crippen LogP contribution in [-0.4, -0.2) is 42.3 Å². The second-order valence-electron chi connectivity index (χ2n) is 6.44. The molecule has 27 heavy (non-hydrogen) atoms. The third kappa shape index (κ3) is 2.81. The molecule has 0 bridgehead atoms. The molecule has 138 valence electrons. The molecule has 0 fully saturated rings. The molecule has 0 aliphatic heterocycles. The van der Waals surface area contributed by atoms with Gasteiger partial charge in [-0.05, 0) is 37.3 Å². The molecule has 0 aliphatic rings. The maximum atomic E-state index is 13.1. The van der Waals surface area contributed by atoms with Crippen LogP contribution in [0.3, 0.4) is 0 Å². The number of anilines is 1. The Morgan fingerprint density at radius 3 is 2.59 bits per heavy atom. The summed E-state index contributed by atoms with van der Waals surface area (Å²) >= 11 is 5.96. The summed E-state index contributed by atoms with van der Waals surface area (Å²) in [5, 5.41) is 9.01. The molecule has 7 nitrogen and oxygen atoms in total. The summed E-state index contributed by atoms with van der Waals surface area (Å²) in [6, 6.07) is 11.9. The maximum Gasteiger partial charge on any atom is 0.229 e. The Kier molecular flexibility index (Phi) is 4.05. The summed E-state index contributed by atoms with van der Waals surface area (Å²) in [6.07, 6.45) is 0. The monoisotopic (exact) mass is 401 g/mol. The van der Waals surface area contributed by atoms with Gasteiger partial charge in [0, 0.05) is 24.5 Å². The van der Waals surface area contributed by atoms with Crippen molar-refractivity contribution in [3.63, 3.8) is 0 Å². The van der Waals surface area contributed by atoms with Crippen LogP contribution in [-0.2, 0) is 9.84 Å². The number of sulfone groups is 1. The van der Waals surface area contributed by atoms with Crippen LogP contribution in [0.25, 0.3) is 16.6 Å². The summed E-state index contributed by atoms with van der Waals surface area (Å²) in [4.78, 5) is 6.46. The van der Waals surface area contributed by atoms with Gasteiger partial charge in [-0.2, -0.15) is 4.52 Å². The average molecular weight is 402 g/mol. The van der Waals surface area contributed by atoms with Gasteiger partial charge in [0.25, 0.3) is 0 Å². The van der Waals surface area contributed by atoms with Gasteiger partial charge >= 0.3 is 0 Å². The van der Waals surface area contributed by atoms with Crippen molar-refractivity contribution < 1.29 is 8.42 Å². The lowest BCUT2D eigenvalue weighted by atomic mass is 10.1. The molecular formula is C18H16ClN5O2S. The zero-order chi connectivity index (χ0) is 19.3. The lowest BCUT2D eigenvalue weighted by molar-refractivity contribution is 0.592. The van der Waals surface area contributed by atoms with Gasteiger partial charge in [-0.15, -0.1) is 5.10 Å². The number of aromatic nitrogens is 4. The lowest BCUT2D eigenvalue weighted by Gasteiger charge is -2.15. The zero-order valence-electron chi connectivity index (χ0n) is 14.9. The second kappa shape index (κ2) is 6.17. The molecule has 2 aromatic carbocycles. The van der Waals surface area contributed by atoms with Crippen molar-refractivity contribution in [3.05, 3.63) is 53.1 Å². The SMILES string of the molecule is Cc1ccc2c(c1)c(N(C)C)nc1c(S(=O)(=O)c3cccc(Cl)c3)nnn12. The highest BCUT2D eigenvalue weighted by atomic mass is 35.5. The van der Waals surface area contributed by atoms with E-state index in [1.54, 1.807) is 12.1 Å². The van der Waals surface area contributed by atoms with Crippen LogP contribution >= 0.6 is 11.6 Å². The number of hydrogen-bond acceptors (Lipinski definition) is 6. The standard InChI is InChI=1S/C18H16ClN5O2S/c1-11-7-8-15-14(9-11)16(23(2)3)20-17-18(21-22-24(15)17)27(25,26)13-6-4-5-12(19)10-13/h4-10H,1-3H3. The van der Waals surface area contributed by atoms with Crippen molar-refractivity contribution in [2.45, 2.75) is 16.8 Å². The fourth-order valence-corrected chi connectivity index (χ4v) is 4.49. The second-order valence-corrected chi connectivity index (χ2v) is 8.74. The predicted molar refractivity (Wildman–Crippen MR) is 104 cm³/mol. The third-order valence-corrected chi connectivity index (χ3v) is 6.12. The van der Waals surface area contributed by atoms with E-state index < -0.39 is 9.84 Å². The van der Waals surface area contributed by atoms with Crippen LogP contribution in [0.4, 0.5) is 5.82 Å². The van der Waals surface area contributed by atoms with Crippen LogP contribution in [0, 0.1) is 6.92 Å². The maximum absolute atomic E-state index is 13.1. The van der Waals surface area contributed by atoms with E-state index in [0.29, 0.717) is 10.8 Å². The fraction of sp³-hybridized carbons (Fsp3) is 0.167. The summed E-state index contributed by atoms with van der Waals surface area (Å²) in [5.74, 6) is 0.644. The van der Waals surface area contributed by atoms with Crippen molar-refractivity contribution in [2.24, 2.45) is 0 Å². The van der Waals surface area contributed by atoms with Crippen molar-refractivity contribution in [2.75, 3.05) is 19.0 Å². The zero-order valence-corrected chi connectivity index (χ0v) is 16.5. The van der Waals surface area contributed by atoms with Crippen LogP contribution in [0.1, 0.15) is 5.56 Å². The highest BCUT2D eigenvalue weighted by Crippen LogP contribution is 2.30. The smallest absolute Gasteiger partial charge is 0.229 e. The third-order valence-electron chi connectivity index (χ3n) is 4.23. The van der Waals surface area contributed by atoms with E-state index >= 15 is 0 Å². The molecule has 0 aliphatic carbocycles. The molecule has 0 saturated carbocycles. The topological polar surface area (TPSA) is 80.5 Å². The molecule has 0 unspecified atom stereocenters. The Labute approximate surface area is 161 Å². The Bertz CT molecular complexity index is 1300. The molecule has 0 saturated heterocycles. The van der Waals surface area contributed by atoms with E-state index in [0.717, 1.165) is 16.5 Å². The van der Waals surface area contributed by atoms with Crippen molar-refractivity contribution >= 4 is 43.8 Å². The minimum absolute atomic E-state index is 0.0506. The van der Waals surface area contributed by atoms with Crippen molar-refractivity contribution in [1.82, 2.24) is 19.8 Å². The average Bonchev–Trinajstić information content (AvgIpc) is 3.05. The molecule has 9 heteroatoms. The number of fused-ring (bicyclic) bond motifs is 3. The highest BCUT2D eigenvalue weighted by Gasteiger charge is 2.27. The van der Waals surface area contributed by atoms with Gasteiger partial charge in [-0.25, -0.2) is 13.4 Å². The molecule has 4 aromatic rings. The molecule has 0 atom stereocenters. The lowest BCUT2D eigenvalue weighted by Crippen LogP contribution is -2.13. The first-order valence-corrected chi connectivity index (χ1v) is 9.99. The number of benzene rings is 2. The minimum Gasteiger partial charge on any atom is -0.362 e. The molecule has 0 amide bonds. The molecule has 0 radical (unpaired) electrons. The van der Waals surface area contributed by atoms with Gasteiger partial charge in [-0.1, -0.05) is 34.5 Å². The number of nitrogens with zero attached hydrogens (tertiary/aromatic N) is 5. The van der Waals surface area contributed by atoms with Gasteiger partial charge in [0.15, 0.2) is 5.65 Å². The van der Waals surface area contributed by atoms with Crippen LogP contribution in [0.15, 0.2) is 52.4 Å². The normalized spacial score (nSPS) is 12.0. The number of rotatable bonds is 3. The Morgan fingerprint density at radius 2 is 1.89 bits per heavy atom. The van der Waals surface area contributed by atoms with Crippen molar-refractivity contribution in [3.8, 4) is 0 Å². The summed E-state index contributed by atoms with van der Waals surface area (Å²) in [7, 11) is -0.211. The first-order chi connectivity index (χ1) is 12.8. The van der Waals surface area contributed by atoms with E-state index in [9.17, 15) is 8.42 Å². The Hall–Kier alpha value is -2.71. The summed E-state index contributed by atoms with van der Waals surface area (Å²) in [6.45, 7) is 1.99. The van der Waals surface area contributed by atoms with Gasteiger partial charge in [0.05, 0.1) is 10.4 Å². The number of aryl methyl sites for hydroxylation is 1. The van der Waals surface area contributed by atoms with E-state index in [2.05, 4.69) is 15.3 Å². The molecule has 0 N–H and O–H groups in total. The van der Waals surface area contributed by atoms with Crippen LogP contribution < -0.4 is 4.90 Å². The van der Waals surface area contributed by atoms with Gasteiger partial charge in [0.2, 0.25) is 14.9 Å². The van der Waals surface area contributed by atoms with E-state index in [1.165, 1.54) is 16.6 Å². The van der Waals surface area contributed by atoms with E-state index in [4.69, 9.17) is 11.6 Å². The molecular weight excluding hydrogens is 386 g/mol. The van der Waals surface area contributed by atoms with Gasteiger partial charge < -0.3 is 4.90 Å². The van der Waals surface area contributed by atoms with Gasteiger partial charge in [0.1, 0.15) is 5.82 Å². The molecule has 0 spiro atoms. The van der Waals surface area contributed by atoms with Crippen LogP contribution in [0.2, 0.25) is 5.02 Å². The first kappa shape index (κ1) is 17.7. The van der Waals surface area contributed by atoms with E-state index in [-0.39, 0.29) is 15.6 Å². The number of hydrogen-bond donors (Lipinski definition) is 0. The van der Waals surface area contributed by atoms with Crippen molar-refractivity contribution in [1.29, 1.82) is 0 Å². The fourth-order valence-electron chi connectivity index (χ4n) is 2.96. The largest absolute Gasteiger partial charge is 0.362 e. The van der Waals surface area contributed by atoms with Gasteiger partial charge in [-0.3, -0.25) is 0 Å². The first-order valence-electron chi connectivity index (χ1n) is 8.13. The van der Waals surface area contributed by atoms with E-state index in [1.807, 2.05) is 44.1 Å². The Morgan fingerprint density at radius 1 is 1.11 bits per heavy atom. The highest BCUT2D eigenvalue weighted by molar-refractivity contribution is 7.91. The Balaban J connectivity index is 2.07. The quantitative estimate of drug-likeness (QED) is 0.524.